The molecule has 0 radical (unpaired) electrons. The first-order chi connectivity index (χ1) is 16.4. The molecule has 2 amide bonds. The molecule has 1 saturated heterocycles. The van der Waals surface area contributed by atoms with E-state index in [2.05, 4.69) is 0 Å². The van der Waals surface area contributed by atoms with Crippen LogP contribution in [0.4, 0.5) is 4.79 Å². The number of benzene rings is 2. The summed E-state index contributed by atoms with van der Waals surface area (Å²) in [5.74, 6) is 0.711. The van der Waals surface area contributed by atoms with Gasteiger partial charge in [0, 0.05) is 11.6 Å². The lowest BCUT2D eigenvalue weighted by Crippen LogP contribution is -2.32. The Labute approximate surface area is 201 Å². The Morgan fingerprint density at radius 2 is 1.88 bits per heavy atom. The zero-order valence-electron chi connectivity index (χ0n) is 19.0. The molecule has 0 N–H and O–H groups in total. The molecule has 34 heavy (non-hydrogen) atoms. The second kappa shape index (κ2) is 10.0. The molecule has 1 aromatic heterocycles. The smallest absolute Gasteiger partial charge is 0.338 e. The topological polar surface area (TPSA) is 86.0 Å². The van der Waals surface area contributed by atoms with E-state index in [1.165, 1.54) is 13.2 Å². The van der Waals surface area contributed by atoms with Crippen LogP contribution in [0, 0.1) is 13.8 Å². The standard InChI is InChI=1S/C26H23NO6S/c1-16-8-9-17(2)22(14-16)32-13-12-27-24(28)23(34-26(27)30)15-18-10-11-21(33-18)19-6-4-5-7-20(19)25(29)31-3/h4-11,14-15H,12-13H2,1-3H3/b23-15-. The van der Waals surface area contributed by atoms with Gasteiger partial charge in [0.05, 0.1) is 24.1 Å². The van der Waals surface area contributed by atoms with Crippen LogP contribution in [0.1, 0.15) is 27.2 Å². The average molecular weight is 478 g/mol. The second-order valence-corrected chi connectivity index (χ2v) is 8.68. The monoisotopic (exact) mass is 477 g/mol. The first-order valence-corrected chi connectivity index (χ1v) is 11.4. The van der Waals surface area contributed by atoms with Gasteiger partial charge in [-0.05, 0) is 61.0 Å². The molecule has 0 atom stereocenters. The summed E-state index contributed by atoms with van der Waals surface area (Å²) < 4.78 is 16.5. The molecule has 0 aliphatic carbocycles. The molecule has 0 unspecified atom stereocenters. The van der Waals surface area contributed by atoms with Crippen LogP contribution in [0.25, 0.3) is 17.4 Å². The minimum absolute atomic E-state index is 0.144. The Morgan fingerprint density at radius 1 is 1.09 bits per heavy atom. The van der Waals surface area contributed by atoms with E-state index >= 15 is 0 Å². The summed E-state index contributed by atoms with van der Waals surface area (Å²) in [5.41, 5.74) is 3.00. The van der Waals surface area contributed by atoms with Crippen LogP contribution in [-0.4, -0.2) is 42.3 Å². The minimum atomic E-state index is -0.474. The average Bonchev–Trinajstić information content (AvgIpc) is 3.40. The number of hydrogen-bond acceptors (Lipinski definition) is 7. The van der Waals surface area contributed by atoms with Crippen LogP contribution < -0.4 is 4.74 Å². The second-order valence-electron chi connectivity index (χ2n) is 7.69. The van der Waals surface area contributed by atoms with Crippen LogP contribution in [0.15, 0.2) is 63.9 Å². The summed E-state index contributed by atoms with van der Waals surface area (Å²) in [6.45, 7) is 4.26. The summed E-state index contributed by atoms with van der Waals surface area (Å²) >= 11 is 0.854. The van der Waals surface area contributed by atoms with E-state index in [1.807, 2.05) is 32.0 Å². The third-order valence-corrected chi connectivity index (χ3v) is 6.20. The van der Waals surface area contributed by atoms with E-state index in [9.17, 15) is 14.4 Å². The van der Waals surface area contributed by atoms with Gasteiger partial charge in [0.15, 0.2) is 0 Å². The lowest BCUT2D eigenvalue weighted by Gasteiger charge is -2.14. The maximum absolute atomic E-state index is 12.8. The molecule has 2 heterocycles. The number of rotatable bonds is 7. The van der Waals surface area contributed by atoms with Crippen LogP contribution in [0.5, 0.6) is 5.75 Å². The predicted molar refractivity (Wildman–Crippen MR) is 130 cm³/mol. The third kappa shape index (κ3) is 4.92. The zero-order chi connectivity index (χ0) is 24.2. The van der Waals surface area contributed by atoms with E-state index in [0.29, 0.717) is 22.6 Å². The predicted octanol–water partition coefficient (Wildman–Crippen LogP) is 5.47. The number of thioether (sulfide) groups is 1. The molecule has 2 aromatic carbocycles. The number of aryl methyl sites for hydroxylation is 2. The van der Waals surface area contributed by atoms with Crippen molar-refractivity contribution < 1.29 is 28.3 Å². The summed E-state index contributed by atoms with van der Waals surface area (Å²) in [4.78, 5) is 38.7. The fourth-order valence-electron chi connectivity index (χ4n) is 3.49. The molecule has 4 rings (SSSR count). The Balaban J connectivity index is 1.45. The molecule has 0 saturated carbocycles. The van der Waals surface area contributed by atoms with Gasteiger partial charge < -0.3 is 13.9 Å². The van der Waals surface area contributed by atoms with Crippen molar-refractivity contribution in [3.05, 3.63) is 82.0 Å². The molecule has 0 spiro atoms. The zero-order valence-corrected chi connectivity index (χ0v) is 19.8. The Bertz CT molecular complexity index is 1290. The maximum atomic E-state index is 12.8. The van der Waals surface area contributed by atoms with E-state index in [0.717, 1.165) is 33.5 Å². The first-order valence-electron chi connectivity index (χ1n) is 10.6. The quantitative estimate of drug-likeness (QED) is 0.330. The molecule has 1 aliphatic heterocycles. The molecule has 1 aliphatic rings. The van der Waals surface area contributed by atoms with Gasteiger partial charge >= 0.3 is 5.97 Å². The van der Waals surface area contributed by atoms with Crippen molar-refractivity contribution in [3.63, 3.8) is 0 Å². The summed E-state index contributed by atoms with van der Waals surface area (Å²) in [5, 5.41) is -0.358. The number of nitrogens with zero attached hydrogens (tertiary/aromatic N) is 1. The number of esters is 1. The highest BCUT2D eigenvalue weighted by molar-refractivity contribution is 8.18. The number of methoxy groups -OCH3 is 1. The van der Waals surface area contributed by atoms with Gasteiger partial charge in [-0.2, -0.15) is 0 Å². The lowest BCUT2D eigenvalue weighted by atomic mass is 10.1. The Morgan fingerprint density at radius 3 is 2.68 bits per heavy atom. The first kappa shape index (κ1) is 23.4. The van der Waals surface area contributed by atoms with Gasteiger partial charge in [-0.15, -0.1) is 0 Å². The summed E-state index contributed by atoms with van der Waals surface area (Å²) in [7, 11) is 1.32. The van der Waals surface area contributed by atoms with Gasteiger partial charge in [-0.1, -0.05) is 30.3 Å². The Kier molecular flexibility index (Phi) is 6.88. The number of ether oxygens (including phenoxy) is 2. The number of carbonyl (C=O) groups excluding carboxylic acids is 3. The van der Waals surface area contributed by atoms with Crippen LogP contribution in [-0.2, 0) is 9.53 Å². The highest BCUT2D eigenvalue weighted by atomic mass is 32.2. The number of amides is 2. The molecule has 174 valence electrons. The molecule has 8 heteroatoms. The number of imide groups is 1. The molecule has 0 bridgehead atoms. The Hall–Kier alpha value is -3.78. The van der Waals surface area contributed by atoms with Gasteiger partial charge in [0.2, 0.25) is 0 Å². The van der Waals surface area contributed by atoms with Gasteiger partial charge in [-0.3, -0.25) is 14.5 Å². The summed E-state index contributed by atoms with van der Waals surface area (Å²) in [6.07, 6.45) is 1.53. The SMILES string of the molecule is COC(=O)c1ccccc1-c1ccc(/C=C2\SC(=O)N(CCOc3cc(C)ccc3C)C2=O)o1. The van der Waals surface area contributed by atoms with Crippen molar-refractivity contribution in [3.8, 4) is 17.1 Å². The molecule has 7 nitrogen and oxygen atoms in total. The molecular formula is C26H23NO6S. The highest BCUT2D eigenvalue weighted by Crippen LogP contribution is 2.34. The van der Waals surface area contributed by atoms with Crippen LogP contribution in [0.3, 0.4) is 0 Å². The largest absolute Gasteiger partial charge is 0.491 e. The normalized spacial score (nSPS) is 14.7. The van der Waals surface area contributed by atoms with E-state index < -0.39 is 11.9 Å². The van der Waals surface area contributed by atoms with E-state index in [1.54, 1.807) is 36.4 Å². The van der Waals surface area contributed by atoms with Crippen LogP contribution in [0.2, 0.25) is 0 Å². The van der Waals surface area contributed by atoms with Crippen molar-refractivity contribution in [1.29, 1.82) is 0 Å². The summed E-state index contributed by atoms with van der Waals surface area (Å²) in [6, 6.07) is 16.2. The number of furan rings is 1. The molecular weight excluding hydrogens is 454 g/mol. The minimum Gasteiger partial charge on any atom is -0.491 e. The van der Waals surface area contributed by atoms with Crippen molar-refractivity contribution >= 4 is 35.0 Å². The number of hydrogen-bond donors (Lipinski definition) is 0. The van der Waals surface area contributed by atoms with Crippen molar-refractivity contribution in [2.75, 3.05) is 20.3 Å². The number of carbonyl (C=O) groups is 3. The van der Waals surface area contributed by atoms with E-state index in [4.69, 9.17) is 13.9 Å². The third-order valence-electron chi connectivity index (χ3n) is 5.29. The van der Waals surface area contributed by atoms with Crippen molar-refractivity contribution in [2.45, 2.75) is 13.8 Å². The fraction of sp³-hybridized carbons (Fsp3) is 0.192. The van der Waals surface area contributed by atoms with Gasteiger partial charge in [-0.25, -0.2) is 4.79 Å². The van der Waals surface area contributed by atoms with Crippen molar-refractivity contribution in [1.82, 2.24) is 4.90 Å². The lowest BCUT2D eigenvalue weighted by molar-refractivity contribution is -0.123. The molecule has 3 aromatic rings. The van der Waals surface area contributed by atoms with Gasteiger partial charge in [0.25, 0.3) is 11.1 Å². The van der Waals surface area contributed by atoms with Crippen molar-refractivity contribution in [2.24, 2.45) is 0 Å². The van der Waals surface area contributed by atoms with Crippen LogP contribution >= 0.6 is 11.8 Å². The fourth-order valence-corrected chi connectivity index (χ4v) is 4.34. The van der Waals surface area contributed by atoms with E-state index in [-0.39, 0.29) is 23.3 Å². The maximum Gasteiger partial charge on any atom is 0.338 e. The highest BCUT2D eigenvalue weighted by Gasteiger charge is 2.35. The molecule has 1 fully saturated rings. The van der Waals surface area contributed by atoms with Gasteiger partial charge in [0.1, 0.15) is 23.9 Å².